The third-order valence-corrected chi connectivity index (χ3v) is 3.53. The van der Waals surface area contributed by atoms with Crippen LogP contribution in [0.15, 0.2) is 12.4 Å². The van der Waals surface area contributed by atoms with E-state index in [9.17, 15) is 0 Å². The Kier molecular flexibility index (Phi) is 8.14. The summed E-state index contributed by atoms with van der Waals surface area (Å²) in [5.41, 5.74) is 1.12. The van der Waals surface area contributed by atoms with Gasteiger partial charge in [0.1, 0.15) is 0 Å². The van der Waals surface area contributed by atoms with E-state index in [4.69, 9.17) is 0 Å². The van der Waals surface area contributed by atoms with Crippen LogP contribution in [0.1, 0.15) is 32.8 Å². The highest BCUT2D eigenvalue weighted by Crippen LogP contribution is 2.08. The zero-order chi connectivity index (χ0) is 14.8. The lowest BCUT2D eigenvalue weighted by atomic mass is 10.3. The van der Waals surface area contributed by atoms with E-state index < -0.39 is 0 Å². The van der Waals surface area contributed by atoms with E-state index in [1.165, 1.54) is 0 Å². The molecular formula is C15H29N5. The Labute approximate surface area is 123 Å². The molecule has 0 aromatic carbocycles. The highest BCUT2D eigenvalue weighted by atomic mass is 15.2. The predicted octanol–water partition coefficient (Wildman–Crippen LogP) is 1.75. The molecule has 1 heterocycles. The largest absolute Gasteiger partial charge is 0.341 e. The summed E-state index contributed by atoms with van der Waals surface area (Å²) in [6, 6.07) is 0. The second kappa shape index (κ2) is 9.66. The minimum Gasteiger partial charge on any atom is -0.341 e. The molecule has 0 spiro atoms. The topological polar surface area (TPSA) is 44.3 Å². The van der Waals surface area contributed by atoms with Crippen molar-refractivity contribution in [3.05, 3.63) is 18.0 Å². The van der Waals surface area contributed by atoms with Gasteiger partial charge in [0.15, 0.2) is 0 Å². The Bertz CT molecular complexity index is 348. The molecule has 1 rings (SSSR count). The quantitative estimate of drug-likeness (QED) is 0.707. The van der Waals surface area contributed by atoms with Gasteiger partial charge in [0.2, 0.25) is 5.95 Å². The van der Waals surface area contributed by atoms with Gasteiger partial charge >= 0.3 is 0 Å². The van der Waals surface area contributed by atoms with Crippen LogP contribution in [0.5, 0.6) is 0 Å². The third-order valence-electron chi connectivity index (χ3n) is 3.53. The maximum atomic E-state index is 4.47. The number of hydrogen-bond donors (Lipinski definition) is 1. The zero-order valence-corrected chi connectivity index (χ0v) is 13.4. The summed E-state index contributed by atoms with van der Waals surface area (Å²) in [5.74, 6) is 0.840. The predicted molar refractivity (Wildman–Crippen MR) is 85.1 cm³/mol. The molecule has 0 unspecified atom stereocenters. The van der Waals surface area contributed by atoms with Crippen LogP contribution in [-0.4, -0.2) is 54.6 Å². The average molecular weight is 279 g/mol. The lowest BCUT2D eigenvalue weighted by molar-refractivity contribution is 0.300. The summed E-state index contributed by atoms with van der Waals surface area (Å²) in [5, 5.41) is 3.11. The number of anilines is 1. The Morgan fingerprint density at radius 1 is 1.00 bits per heavy atom. The number of hydrogen-bond acceptors (Lipinski definition) is 5. The first-order chi connectivity index (χ1) is 9.74. The van der Waals surface area contributed by atoms with E-state index in [1.807, 2.05) is 19.4 Å². The number of nitrogens with one attached hydrogen (secondary N) is 1. The van der Waals surface area contributed by atoms with Gasteiger partial charge in [0.25, 0.3) is 0 Å². The van der Waals surface area contributed by atoms with E-state index >= 15 is 0 Å². The van der Waals surface area contributed by atoms with Gasteiger partial charge in [-0.15, -0.1) is 0 Å². The molecule has 0 aliphatic rings. The molecule has 0 aliphatic heterocycles. The van der Waals surface area contributed by atoms with Crippen LogP contribution in [0.25, 0.3) is 0 Å². The summed E-state index contributed by atoms with van der Waals surface area (Å²) in [4.78, 5) is 13.6. The summed E-state index contributed by atoms with van der Waals surface area (Å²) < 4.78 is 0. The number of nitrogens with zero attached hydrogens (tertiary/aromatic N) is 4. The zero-order valence-electron chi connectivity index (χ0n) is 13.4. The lowest BCUT2D eigenvalue weighted by Crippen LogP contribution is -2.31. The maximum absolute atomic E-state index is 4.47. The molecule has 5 heteroatoms. The fourth-order valence-corrected chi connectivity index (χ4v) is 2.23. The molecule has 1 aromatic rings. The minimum absolute atomic E-state index is 0.814. The molecule has 114 valence electrons. The Balaban J connectivity index is 2.48. The van der Waals surface area contributed by atoms with Crippen molar-refractivity contribution in [1.82, 2.24) is 20.2 Å². The normalized spacial score (nSPS) is 11.1. The standard InChI is InChI=1S/C15H29N5/c1-5-19(6-2)9-8-10-20(7-3)15-17-12-14(11-16-4)13-18-15/h12-13,16H,5-11H2,1-4H3. The molecule has 0 atom stereocenters. The molecule has 0 radical (unpaired) electrons. The molecule has 20 heavy (non-hydrogen) atoms. The van der Waals surface area contributed by atoms with Crippen molar-refractivity contribution in [1.29, 1.82) is 0 Å². The van der Waals surface area contributed by atoms with Gasteiger partial charge in [-0.2, -0.15) is 0 Å². The van der Waals surface area contributed by atoms with E-state index in [2.05, 4.69) is 45.9 Å². The average Bonchev–Trinajstić information content (AvgIpc) is 2.49. The molecule has 5 nitrogen and oxygen atoms in total. The minimum atomic E-state index is 0.814. The molecule has 0 amide bonds. The van der Waals surface area contributed by atoms with Crippen molar-refractivity contribution >= 4 is 5.95 Å². The van der Waals surface area contributed by atoms with Crippen LogP contribution in [0.3, 0.4) is 0 Å². The molecule has 0 bridgehead atoms. The summed E-state index contributed by atoms with van der Waals surface area (Å²) in [6.45, 7) is 12.7. The molecule has 0 saturated heterocycles. The van der Waals surface area contributed by atoms with Crippen LogP contribution in [0.4, 0.5) is 5.95 Å². The van der Waals surface area contributed by atoms with Gasteiger partial charge in [0, 0.05) is 37.6 Å². The van der Waals surface area contributed by atoms with Crippen LogP contribution in [0.2, 0.25) is 0 Å². The van der Waals surface area contributed by atoms with Gasteiger partial charge in [0.05, 0.1) is 0 Å². The SMILES string of the molecule is CCN(CC)CCCN(CC)c1ncc(CNC)cn1. The van der Waals surface area contributed by atoms with Crippen molar-refractivity contribution < 1.29 is 0 Å². The van der Waals surface area contributed by atoms with Gasteiger partial charge in [-0.05, 0) is 40.0 Å². The molecule has 1 aromatic heterocycles. The summed E-state index contributed by atoms with van der Waals surface area (Å²) >= 11 is 0. The van der Waals surface area contributed by atoms with Gasteiger partial charge in [-0.3, -0.25) is 0 Å². The highest BCUT2D eigenvalue weighted by molar-refractivity contribution is 5.29. The third kappa shape index (κ3) is 5.43. The molecule has 0 fully saturated rings. The Hall–Kier alpha value is -1.20. The van der Waals surface area contributed by atoms with E-state index in [0.717, 1.165) is 57.2 Å². The first-order valence-electron chi connectivity index (χ1n) is 7.67. The lowest BCUT2D eigenvalue weighted by Gasteiger charge is -2.23. The van der Waals surface area contributed by atoms with Gasteiger partial charge in [-0.25, -0.2) is 9.97 Å². The van der Waals surface area contributed by atoms with Gasteiger partial charge in [-0.1, -0.05) is 13.8 Å². The Morgan fingerprint density at radius 2 is 1.65 bits per heavy atom. The van der Waals surface area contributed by atoms with Crippen LogP contribution >= 0.6 is 0 Å². The smallest absolute Gasteiger partial charge is 0.225 e. The van der Waals surface area contributed by atoms with Crippen LogP contribution in [0, 0.1) is 0 Å². The first kappa shape index (κ1) is 16.9. The van der Waals surface area contributed by atoms with Crippen molar-refractivity contribution in [3.63, 3.8) is 0 Å². The highest BCUT2D eigenvalue weighted by Gasteiger charge is 2.08. The molecular weight excluding hydrogens is 250 g/mol. The van der Waals surface area contributed by atoms with Crippen LogP contribution < -0.4 is 10.2 Å². The number of aromatic nitrogens is 2. The van der Waals surface area contributed by atoms with E-state index in [0.29, 0.717) is 0 Å². The monoisotopic (exact) mass is 279 g/mol. The van der Waals surface area contributed by atoms with E-state index in [1.54, 1.807) is 0 Å². The van der Waals surface area contributed by atoms with Crippen molar-refractivity contribution in [2.24, 2.45) is 0 Å². The second-order valence-electron chi connectivity index (χ2n) is 4.88. The first-order valence-corrected chi connectivity index (χ1v) is 7.67. The van der Waals surface area contributed by atoms with Crippen LogP contribution in [-0.2, 0) is 6.54 Å². The summed E-state index contributed by atoms with van der Waals surface area (Å²) in [7, 11) is 1.93. The maximum Gasteiger partial charge on any atom is 0.225 e. The van der Waals surface area contributed by atoms with Crippen molar-refractivity contribution in [3.8, 4) is 0 Å². The second-order valence-corrected chi connectivity index (χ2v) is 4.88. The van der Waals surface area contributed by atoms with E-state index in [-0.39, 0.29) is 0 Å². The number of rotatable bonds is 10. The molecule has 1 N–H and O–H groups in total. The summed E-state index contributed by atoms with van der Waals surface area (Å²) in [6.07, 6.45) is 4.97. The fourth-order valence-electron chi connectivity index (χ4n) is 2.23. The van der Waals surface area contributed by atoms with Crippen molar-refractivity contribution in [2.45, 2.75) is 33.7 Å². The fraction of sp³-hybridized carbons (Fsp3) is 0.733. The van der Waals surface area contributed by atoms with Gasteiger partial charge < -0.3 is 15.1 Å². The Morgan fingerprint density at radius 3 is 2.15 bits per heavy atom. The van der Waals surface area contributed by atoms with Crippen molar-refractivity contribution in [2.75, 3.05) is 44.7 Å². The molecule has 0 saturated carbocycles. The molecule has 0 aliphatic carbocycles.